The number of amides is 1. The summed E-state index contributed by atoms with van der Waals surface area (Å²) < 4.78 is 33.6. The summed E-state index contributed by atoms with van der Waals surface area (Å²) in [6.07, 6.45) is 1.24. The van der Waals surface area contributed by atoms with Crippen LogP contribution in [0.4, 0.5) is 5.82 Å². The van der Waals surface area contributed by atoms with Gasteiger partial charge in [0.05, 0.1) is 31.2 Å². The highest BCUT2D eigenvalue weighted by molar-refractivity contribution is 7.90. The Morgan fingerprint density at radius 3 is 2.41 bits per heavy atom. The number of nitrogens with one attached hydrogen (secondary N) is 2. The fourth-order valence-electron chi connectivity index (χ4n) is 2.77. The van der Waals surface area contributed by atoms with Gasteiger partial charge in [-0.2, -0.15) is 5.10 Å². The smallest absolute Gasteiger partial charge is 0.229 e. The van der Waals surface area contributed by atoms with Gasteiger partial charge in [-0.1, -0.05) is 12.1 Å². The van der Waals surface area contributed by atoms with Gasteiger partial charge in [0.2, 0.25) is 5.91 Å². The summed E-state index contributed by atoms with van der Waals surface area (Å²) in [5.41, 5.74) is 2.15. The molecular formula is C20H21N3O5S. The predicted octanol–water partition coefficient (Wildman–Crippen LogP) is 2.68. The van der Waals surface area contributed by atoms with Crippen molar-refractivity contribution in [1.29, 1.82) is 0 Å². The minimum absolute atomic E-state index is 0.0953. The summed E-state index contributed by atoms with van der Waals surface area (Å²) in [6, 6.07) is 13.3. The molecule has 0 aliphatic carbocycles. The second-order valence-electron chi connectivity index (χ2n) is 6.37. The van der Waals surface area contributed by atoms with Crippen molar-refractivity contribution in [3.05, 3.63) is 54.1 Å². The summed E-state index contributed by atoms with van der Waals surface area (Å²) >= 11 is 0. The van der Waals surface area contributed by atoms with Crippen LogP contribution in [0.3, 0.4) is 0 Å². The molecule has 1 amide bonds. The summed E-state index contributed by atoms with van der Waals surface area (Å²) in [7, 11) is -0.125. The van der Waals surface area contributed by atoms with E-state index in [9.17, 15) is 13.2 Å². The molecule has 2 N–H and O–H groups in total. The van der Waals surface area contributed by atoms with Gasteiger partial charge < -0.3 is 14.8 Å². The average Bonchev–Trinajstić information content (AvgIpc) is 3.15. The van der Waals surface area contributed by atoms with Crippen LogP contribution in [0.25, 0.3) is 11.3 Å². The molecule has 0 spiro atoms. The van der Waals surface area contributed by atoms with Crippen LogP contribution in [-0.2, 0) is 21.1 Å². The van der Waals surface area contributed by atoms with Gasteiger partial charge in [0.1, 0.15) is 11.5 Å². The third-order valence-electron chi connectivity index (χ3n) is 4.26. The molecule has 8 nitrogen and oxygen atoms in total. The molecule has 9 heteroatoms. The zero-order valence-corrected chi connectivity index (χ0v) is 17.0. The Morgan fingerprint density at radius 1 is 1.07 bits per heavy atom. The minimum Gasteiger partial charge on any atom is -0.497 e. The lowest BCUT2D eigenvalue weighted by molar-refractivity contribution is -0.115. The molecule has 152 valence electrons. The average molecular weight is 415 g/mol. The van der Waals surface area contributed by atoms with E-state index in [2.05, 4.69) is 15.5 Å². The number of aromatic amines is 1. The molecule has 0 saturated heterocycles. The van der Waals surface area contributed by atoms with Gasteiger partial charge in [-0.25, -0.2) is 8.42 Å². The van der Waals surface area contributed by atoms with Crippen molar-refractivity contribution in [2.24, 2.45) is 0 Å². The Balaban J connectivity index is 1.69. The zero-order valence-electron chi connectivity index (χ0n) is 16.2. The van der Waals surface area contributed by atoms with Crippen molar-refractivity contribution in [2.45, 2.75) is 11.3 Å². The highest BCUT2D eigenvalue weighted by Crippen LogP contribution is 2.33. The SMILES string of the molecule is COc1ccc(-c2cc(NC(=O)Cc3ccc(S(C)(=O)=O)cc3)n[nH]2)c(OC)c1. The van der Waals surface area contributed by atoms with E-state index in [1.807, 2.05) is 6.07 Å². The number of sulfone groups is 1. The van der Waals surface area contributed by atoms with Crippen molar-refractivity contribution in [3.63, 3.8) is 0 Å². The molecule has 0 saturated carbocycles. The number of carbonyl (C=O) groups is 1. The van der Waals surface area contributed by atoms with Crippen LogP contribution in [0.15, 0.2) is 53.4 Å². The van der Waals surface area contributed by atoms with Gasteiger partial charge in [0.15, 0.2) is 15.7 Å². The first-order valence-corrected chi connectivity index (χ1v) is 10.6. The number of carbonyl (C=O) groups excluding carboxylic acids is 1. The van der Waals surface area contributed by atoms with Crippen LogP contribution in [0.5, 0.6) is 11.5 Å². The van der Waals surface area contributed by atoms with Gasteiger partial charge in [0.25, 0.3) is 0 Å². The van der Waals surface area contributed by atoms with E-state index in [1.54, 1.807) is 44.6 Å². The largest absolute Gasteiger partial charge is 0.497 e. The maximum atomic E-state index is 12.3. The number of ether oxygens (including phenoxy) is 2. The highest BCUT2D eigenvalue weighted by atomic mass is 32.2. The first-order valence-electron chi connectivity index (χ1n) is 8.67. The quantitative estimate of drug-likeness (QED) is 0.614. The fraction of sp³-hybridized carbons (Fsp3) is 0.200. The number of nitrogens with zero attached hydrogens (tertiary/aromatic N) is 1. The summed E-state index contributed by atoms with van der Waals surface area (Å²) in [6.45, 7) is 0. The number of benzene rings is 2. The lowest BCUT2D eigenvalue weighted by Gasteiger charge is -2.08. The van der Waals surface area contributed by atoms with Gasteiger partial charge in [-0.3, -0.25) is 9.89 Å². The lowest BCUT2D eigenvalue weighted by atomic mass is 10.1. The van der Waals surface area contributed by atoms with Crippen LogP contribution in [-0.4, -0.2) is 45.0 Å². The first kappa shape index (κ1) is 20.4. The van der Waals surface area contributed by atoms with Crippen LogP contribution in [0, 0.1) is 0 Å². The first-order chi connectivity index (χ1) is 13.8. The van der Waals surface area contributed by atoms with E-state index in [0.717, 1.165) is 11.8 Å². The Bertz CT molecular complexity index is 1120. The normalized spacial score (nSPS) is 11.1. The summed E-state index contributed by atoms with van der Waals surface area (Å²) in [5.74, 6) is 1.38. The van der Waals surface area contributed by atoms with E-state index in [-0.39, 0.29) is 17.2 Å². The van der Waals surface area contributed by atoms with Gasteiger partial charge in [-0.05, 0) is 29.8 Å². The molecule has 0 aliphatic heterocycles. The van der Waals surface area contributed by atoms with Crippen molar-refractivity contribution in [3.8, 4) is 22.8 Å². The Kier molecular flexibility index (Phi) is 5.88. The molecule has 0 radical (unpaired) electrons. The molecule has 0 aliphatic rings. The monoisotopic (exact) mass is 415 g/mol. The van der Waals surface area contributed by atoms with E-state index in [1.165, 1.54) is 12.1 Å². The summed E-state index contributed by atoms with van der Waals surface area (Å²) in [4.78, 5) is 12.5. The second kappa shape index (κ2) is 8.36. The molecule has 0 atom stereocenters. The van der Waals surface area contributed by atoms with E-state index < -0.39 is 9.84 Å². The van der Waals surface area contributed by atoms with E-state index in [4.69, 9.17) is 9.47 Å². The molecule has 3 aromatic rings. The van der Waals surface area contributed by atoms with Crippen LogP contribution in [0.1, 0.15) is 5.56 Å². The maximum Gasteiger partial charge on any atom is 0.229 e. The van der Waals surface area contributed by atoms with E-state index in [0.29, 0.717) is 28.6 Å². The van der Waals surface area contributed by atoms with Crippen molar-refractivity contribution in [2.75, 3.05) is 25.8 Å². The molecule has 1 heterocycles. The molecular weight excluding hydrogens is 394 g/mol. The predicted molar refractivity (Wildman–Crippen MR) is 109 cm³/mol. The van der Waals surface area contributed by atoms with E-state index >= 15 is 0 Å². The number of hydrogen-bond donors (Lipinski definition) is 2. The zero-order chi connectivity index (χ0) is 21.0. The van der Waals surface area contributed by atoms with Crippen molar-refractivity contribution < 1.29 is 22.7 Å². The number of H-pyrrole nitrogens is 1. The lowest BCUT2D eigenvalue weighted by Crippen LogP contribution is -2.14. The third kappa shape index (κ3) is 4.94. The Morgan fingerprint density at radius 2 is 1.79 bits per heavy atom. The standard InChI is InChI=1S/C20H21N3O5S/c1-27-14-6-9-16(18(11-14)28-2)17-12-19(23-22-17)21-20(24)10-13-4-7-15(8-5-13)29(3,25)26/h4-9,11-12H,10H2,1-3H3,(H2,21,22,23,24). The van der Waals surface area contributed by atoms with Crippen LogP contribution >= 0.6 is 0 Å². The van der Waals surface area contributed by atoms with Gasteiger partial charge in [0, 0.05) is 24.0 Å². The molecule has 0 unspecified atom stereocenters. The van der Waals surface area contributed by atoms with Gasteiger partial charge in [-0.15, -0.1) is 0 Å². The van der Waals surface area contributed by atoms with Crippen molar-refractivity contribution in [1.82, 2.24) is 10.2 Å². The number of anilines is 1. The third-order valence-corrected chi connectivity index (χ3v) is 5.39. The van der Waals surface area contributed by atoms with Crippen LogP contribution < -0.4 is 14.8 Å². The number of rotatable bonds is 7. The van der Waals surface area contributed by atoms with Gasteiger partial charge >= 0.3 is 0 Å². The molecule has 2 aromatic carbocycles. The number of aromatic nitrogens is 2. The molecule has 0 bridgehead atoms. The minimum atomic E-state index is -3.26. The Hall–Kier alpha value is -3.33. The maximum absolute atomic E-state index is 12.3. The topological polar surface area (TPSA) is 110 Å². The second-order valence-corrected chi connectivity index (χ2v) is 8.39. The molecule has 0 fully saturated rings. The molecule has 3 rings (SSSR count). The van der Waals surface area contributed by atoms with Crippen LogP contribution in [0.2, 0.25) is 0 Å². The summed E-state index contributed by atoms with van der Waals surface area (Å²) in [5, 5.41) is 9.71. The molecule has 29 heavy (non-hydrogen) atoms. The Labute approximate surface area is 168 Å². The van der Waals surface area contributed by atoms with Crippen molar-refractivity contribution >= 4 is 21.6 Å². The number of hydrogen-bond acceptors (Lipinski definition) is 6. The molecule has 1 aromatic heterocycles. The number of methoxy groups -OCH3 is 2. The fourth-order valence-corrected chi connectivity index (χ4v) is 3.40. The highest BCUT2D eigenvalue weighted by Gasteiger charge is 2.13.